The first-order valence-corrected chi connectivity index (χ1v) is 9.38. The van der Waals surface area contributed by atoms with Crippen molar-refractivity contribution < 1.29 is 4.52 Å². The van der Waals surface area contributed by atoms with E-state index >= 15 is 0 Å². The molecular weight excluding hydrogens is 352 g/mol. The Labute approximate surface area is 162 Å². The van der Waals surface area contributed by atoms with Crippen LogP contribution in [0.5, 0.6) is 0 Å². The molecule has 1 fully saturated rings. The second-order valence-corrected chi connectivity index (χ2v) is 6.94. The summed E-state index contributed by atoms with van der Waals surface area (Å²) in [4.78, 5) is 17.9. The van der Waals surface area contributed by atoms with Gasteiger partial charge in [-0.1, -0.05) is 41.1 Å². The van der Waals surface area contributed by atoms with Gasteiger partial charge in [0.2, 0.25) is 0 Å². The molecule has 0 bridgehead atoms. The van der Waals surface area contributed by atoms with Crippen molar-refractivity contribution in [1.29, 1.82) is 0 Å². The van der Waals surface area contributed by atoms with E-state index < -0.39 is 0 Å². The highest BCUT2D eigenvalue weighted by Gasteiger charge is 2.24. The Hall–Kier alpha value is -3.48. The van der Waals surface area contributed by atoms with Gasteiger partial charge in [-0.15, -0.1) is 0 Å². The lowest BCUT2D eigenvalue weighted by Gasteiger charge is -2.36. The second-order valence-electron chi connectivity index (χ2n) is 6.94. The van der Waals surface area contributed by atoms with Gasteiger partial charge < -0.3 is 14.3 Å². The van der Waals surface area contributed by atoms with Gasteiger partial charge in [0.1, 0.15) is 29.0 Å². The minimum atomic E-state index is 0.521. The molecule has 5 rings (SSSR count). The normalized spacial score (nSPS) is 14.6. The van der Waals surface area contributed by atoms with Gasteiger partial charge in [-0.25, -0.2) is 9.97 Å². The monoisotopic (exact) mass is 372 g/mol. The highest BCUT2D eigenvalue weighted by atomic mass is 16.5. The van der Waals surface area contributed by atoms with Crippen molar-refractivity contribution in [3.8, 4) is 11.3 Å². The molecule has 4 aromatic rings. The standard InChI is InChI=1S/C21H20N6O/c1-15-5-7-16(8-6-15)19-18-20(23-14-24-21(18)28-25-19)27-12-10-26(11-13-27)17-4-2-3-9-22-17/h2-9,14H,10-13H2,1H3. The Bertz CT molecular complexity index is 1090. The number of aryl methyl sites for hydroxylation is 1. The third-order valence-corrected chi connectivity index (χ3v) is 5.13. The molecule has 1 aliphatic rings. The summed E-state index contributed by atoms with van der Waals surface area (Å²) in [6.07, 6.45) is 3.38. The van der Waals surface area contributed by atoms with E-state index in [-0.39, 0.29) is 0 Å². The molecule has 0 unspecified atom stereocenters. The third kappa shape index (κ3) is 2.94. The number of piperazine rings is 1. The smallest absolute Gasteiger partial charge is 0.263 e. The predicted octanol–water partition coefficient (Wildman–Crippen LogP) is 3.31. The molecule has 0 radical (unpaired) electrons. The van der Waals surface area contributed by atoms with E-state index in [2.05, 4.69) is 61.1 Å². The summed E-state index contributed by atoms with van der Waals surface area (Å²) in [5.41, 5.74) is 3.52. The van der Waals surface area contributed by atoms with Crippen LogP contribution in [-0.4, -0.2) is 46.3 Å². The Morgan fingerprint density at radius 3 is 2.39 bits per heavy atom. The zero-order valence-electron chi connectivity index (χ0n) is 15.6. The molecule has 1 saturated heterocycles. The number of pyridine rings is 1. The van der Waals surface area contributed by atoms with Crippen LogP contribution in [0.3, 0.4) is 0 Å². The lowest BCUT2D eigenvalue weighted by molar-refractivity contribution is 0.451. The van der Waals surface area contributed by atoms with Crippen LogP contribution in [-0.2, 0) is 0 Å². The Morgan fingerprint density at radius 1 is 0.857 bits per heavy atom. The van der Waals surface area contributed by atoms with E-state index in [1.54, 1.807) is 6.33 Å². The summed E-state index contributed by atoms with van der Waals surface area (Å²) in [6.45, 7) is 5.53. The number of hydrogen-bond acceptors (Lipinski definition) is 7. The summed E-state index contributed by atoms with van der Waals surface area (Å²) in [5.74, 6) is 1.89. The van der Waals surface area contributed by atoms with Crippen molar-refractivity contribution in [3.05, 3.63) is 60.6 Å². The molecule has 4 heterocycles. The molecule has 0 saturated carbocycles. The zero-order chi connectivity index (χ0) is 18.9. The van der Waals surface area contributed by atoms with E-state index in [1.165, 1.54) is 5.56 Å². The van der Waals surface area contributed by atoms with E-state index in [0.717, 1.165) is 54.5 Å². The van der Waals surface area contributed by atoms with Gasteiger partial charge >= 0.3 is 0 Å². The van der Waals surface area contributed by atoms with Crippen molar-refractivity contribution >= 4 is 22.7 Å². The number of fused-ring (bicyclic) bond motifs is 1. The first kappa shape index (κ1) is 16.7. The van der Waals surface area contributed by atoms with Gasteiger partial charge in [0.25, 0.3) is 5.71 Å². The lowest BCUT2D eigenvalue weighted by Crippen LogP contribution is -2.47. The van der Waals surface area contributed by atoms with E-state index in [4.69, 9.17) is 4.52 Å². The van der Waals surface area contributed by atoms with Gasteiger partial charge in [-0.3, -0.25) is 0 Å². The Morgan fingerprint density at radius 2 is 1.64 bits per heavy atom. The van der Waals surface area contributed by atoms with Crippen molar-refractivity contribution in [2.45, 2.75) is 6.92 Å². The van der Waals surface area contributed by atoms with Gasteiger partial charge in [0.15, 0.2) is 0 Å². The van der Waals surface area contributed by atoms with Crippen LogP contribution in [0, 0.1) is 6.92 Å². The molecule has 0 amide bonds. The molecule has 0 spiro atoms. The molecule has 140 valence electrons. The second kappa shape index (κ2) is 6.92. The zero-order valence-corrected chi connectivity index (χ0v) is 15.6. The van der Waals surface area contributed by atoms with Crippen LogP contribution in [0.25, 0.3) is 22.4 Å². The minimum Gasteiger partial charge on any atom is -0.353 e. The summed E-state index contributed by atoms with van der Waals surface area (Å²) in [7, 11) is 0. The Balaban J connectivity index is 1.47. The molecule has 28 heavy (non-hydrogen) atoms. The quantitative estimate of drug-likeness (QED) is 0.546. The van der Waals surface area contributed by atoms with Gasteiger partial charge in [-0.05, 0) is 19.1 Å². The fraction of sp³-hybridized carbons (Fsp3) is 0.238. The predicted molar refractivity (Wildman–Crippen MR) is 108 cm³/mol. The highest BCUT2D eigenvalue weighted by Crippen LogP contribution is 2.33. The average Bonchev–Trinajstić information content (AvgIpc) is 3.19. The molecule has 0 N–H and O–H groups in total. The molecule has 7 nitrogen and oxygen atoms in total. The maximum absolute atomic E-state index is 5.51. The van der Waals surface area contributed by atoms with Crippen molar-refractivity contribution in [3.63, 3.8) is 0 Å². The fourth-order valence-corrected chi connectivity index (χ4v) is 3.61. The van der Waals surface area contributed by atoms with Crippen molar-refractivity contribution in [1.82, 2.24) is 20.1 Å². The van der Waals surface area contributed by atoms with Gasteiger partial charge in [0.05, 0.1) is 0 Å². The van der Waals surface area contributed by atoms with Crippen LogP contribution in [0.4, 0.5) is 11.6 Å². The Kier molecular flexibility index (Phi) is 4.12. The molecule has 3 aromatic heterocycles. The maximum Gasteiger partial charge on any atom is 0.263 e. The average molecular weight is 372 g/mol. The van der Waals surface area contributed by atoms with Crippen molar-refractivity contribution in [2.75, 3.05) is 36.0 Å². The molecule has 0 atom stereocenters. The van der Waals surface area contributed by atoms with E-state index in [1.807, 2.05) is 24.4 Å². The number of anilines is 2. The third-order valence-electron chi connectivity index (χ3n) is 5.13. The SMILES string of the molecule is Cc1ccc(-c2noc3ncnc(N4CCN(c5ccccn5)CC4)c23)cc1. The molecule has 0 aliphatic carbocycles. The summed E-state index contributed by atoms with van der Waals surface area (Å²) >= 11 is 0. The number of rotatable bonds is 3. The molecule has 1 aliphatic heterocycles. The first-order chi connectivity index (χ1) is 13.8. The largest absolute Gasteiger partial charge is 0.353 e. The molecular formula is C21H20N6O. The number of nitrogens with zero attached hydrogens (tertiary/aromatic N) is 6. The topological polar surface area (TPSA) is 71.2 Å². The molecule has 1 aromatic carbocycles. The van der Waals surface area contributed by atoms with Crippen LogP contribution in [0.2, 0.25) is 0 Å². The maximum atomic E-state index is 5.51. The lowest BCUT2D eigenvalue weighted by atomic mass is 10.1. The summed E-state index contributed by atoms with van der Waals surface area (Å²) in [6, 6.07) is 14.3. The first-order valence-electron chi connectivity index (χ1n) is 9.38. The van der Waals surface area contributed by atoms with Gasteiger partial charge in [0, 0.05) is 37.9 Å². The van der Waals surface area contributed by atoms with Crippen LogP contribution in [0.1, 0.15) is 5.56 Å². The summed E-state index contributed by atoms with van der Waals surface area (Å²) in [5, 5.41) is 5.16. The van der Waals surface area contributed by atoms with Crippen LogP contribution < -0.4 is 9.80 Å². The number of benzene rings is 1. The number of hydrogen-bond donors (Lipinski definition) is 0. The summed E-state index contributed by atoms with van der Waals surface area (Å²) < 4.78 is 5.51. The van der Waals surface area contributed by atoms with Crippen LogP contribution >= 0.6 is 0 Å². The minimum absolute atomic E-state index is 0.521. The molecule has 7 heteroatoms. The highest BCUT2D eigenvalue weighted by molar-refractivity contribution is 5.97. The van der Waals surface area contributed by atoms with E-state index in [9.17, 15) is 0 Å². The fourth-order valence-electron chi connectivity index (χ4n) is 3.61. The van der Waals surface area contributed by atoms with E-state index in [0.29, 0.717) is 5.71 Å². The van der Waals surface area contributed by atoms with Gasteiger partial charge in [-0.2, -0.15) is 4.98 Å². The van der Waals surface area contributed by atoms with Crippen molar-refractivity contribution in [2.24, 2.45) is 0 Å². The number of aromatic nitrogens is 4. The van der Waals surface area contributed by atoms with Crippen LogP contribution in [0.15, 0.2) is 59.5 Å².